The first-order chi connectivity index (χ1) is 12.5. The fourth-order valence-electron chi connectivity index (χ4n) is 3.34. The van der Waals surface area contributed by atoms with Gasteiger partial charge in [0.05, 0.1) is 11.7 Å². The van der Waals surface area contributed by atoms with Crippen LogP contribution in [-0.2, 0) is 4.79 Å². The average molecular weight is 356 g/mol. The lowest BCUT2D eigenvalue weighted by molar-refractivity contribution is -0.120. The number of nitrogens with one attached hydrogen (secondary N) is 2. The quantitative estimate of drug-likeness (QED) is 0.854. The van der Waals surface area contributed by atoms with Crippen LogP contribution in [0.5, 0.6) is 5.75 Å². The standard InChI is InChI=1S/C17H20N6O3/c1-10-18-16(21-20-10)13-4-3-7-23(13)17(25)19-11-5-6-12-14(8-11)26-9-15(24)22(12)2/h5-6,8,13H,3-4,7,9H2,1-2H3,(H,19,25)(H,18,20,21). The smallest absolute Gasteiger partial charge is 0.322 e. The van der Waals surface area contributed by atoms with Crippen molar-refractivity contribution >= 4 is 23.3 Å². The van der Waals surface area contributed by atoms with E-state index in [-0.39, 0.29) is 24.6 Å². The summed E-state index contributed by atoms with van der Waals surface area (Å²) in [5, 5.41) is 9.93. The van der Waals surface area contributed by atoms with E-state index in [2.05, 4.69) is 20.5 Å². The lowest BCUT2D eigenvalue weighted by Gasteiger charge is -2.27. The molecule has 136 valence electrons. The van der Waals surface area contributed by atoms with Gasteiger partial charge in [0.1, 0.15) is 11.6 Å². The van der Waals surface area contributed by atoms with Crippen LogP contribution in [0.4, 0.5) is 16.2 Å². The van der Waals surface area contributed by atoms with Gasteiger partial charge in [-0.3, -0.25) is 9.89 Å². The van der Waals surface area contributed by atoms with E-state index in [1.165, 1.54) is 0 Å². The topological polar surface area (TPSA) is 103 Å². The van der Waals surface area contributed by atoms with E-state index in [9.17, 15) is 9.59 Å². The average Bonchev–Trinajstić information content (AvgIpc) is 3.27. The van der Waals surface area contributed by atoms with Gasteiger partial charge in [-0.15, -0.1) is 0 Å². The first-order valence-electron chi connectivity index (χ1n) is 8.53. The van der Waals surface area contributed by atoms with Crippen molar-refractivity contribution in [3.63, 3.8) is 0 Å². The van der Waals surface area contributed by atoms with Crippen LogP contribution in [0, 0.1) is 6.92 Å². The number of hydrogen-bond acceptors (Lipinski definition) is 5. The molecule has 0 spiro atoms. The predicted octanol–water partition coefficient (Wildman–Crippen LogP) is 1.84. The third kappa shape index (κ3) is 2.85. The summed E-state index contributed by atoms with van der Waals surface area (Å²) in [6.07, 6.45) is 1.75. The lowest BCUT2D eigenvalue weighted by atomic mass is 10.2. The Morgan fingerprint density at radius 3 is 3.04 bits per heavy atom. The lowest BCUT2D eigenvalue weighted by Crippen LogP contribution is -2.36. The maximum absolute atomic E-state index is 12.7. The van der Waals surface area contributed by atoms with Crippen molar-refractivity contribution in [3.8, 4) is 5.75 Å². The summed E-state index contributed by atoms with van der Waals surface area (Å²) in [5.74, 6) is 1.85. The molecule has 2 N–H and O–H groups in total. The molecule has 26 heavy (non-hydrogen) atoms. The third-order valence-corrected chi connectivity index (χ3v) is 4.72. The van der Waals surface area contributed by atoms with E-state index in [0.717, 1.165) is 18.7 Å². The molecule has 1 saturated heterocycles. The normalized spacial score (nSPS) is 19.3. The monoisotopic (exact) mass is 356 g/mol. The van der Waals surface area contributed by atoms with Crippen molar-refractivity contribution in [3.05, 3.63) is 29.8 Å². The molecule has 3 amide bonds. The number of carbonyl (C=O) groups is 2. The van der Waals surface area contributed by atoms with Crippen LogP contribution in [0.15, 0.2) is 18.2 Å². The van der Waals surface area contributed by atoms with E-state index in [1.54, 1.807) is 35.0 Å². The van der Waals surface area contributed by atoms with E-state index in [1.807, 2.05) is 6.92 Å². The summed E-state index contributed by atoms with van der Waals surface area (Å²) >= 11 is 0. The number of fused-ring (bicyclic) bond motifs is 1. The van der Waals surface area contributed by atoms with Gasteiger partial charge in [0.2, 0.25) is 0 Å². The number of aromatic amines is 1. The van der Waals surface area contributed by atoms with Gasteiger partial charge in [-0.2, -0.15) is 5.10 Å². The number of ether oxygens (including phenoxy) is 1. The van der Waals surface area contributed by atoms with Gasteiger partial charge in [0.25, 0.3) is 5.91 Å². The predicted molar refractivity (Wildman–Crippen MR) is 94.2 cm³/mol. The molecule has 3 heterocycles. The van der Waals surface area contributed by atoms with E-state index in [0.29, 0.717) is 29.5 Å². The number of rotatable bonds is 2. The van der Waals surface area contributed by atoms with Crippen LogP contribution < -0.4 is 15.0 Å². The van der Waals surface area contributed by atoms with Crippen molar-refractivity contribution in [2.75, 3.05) is 30.4 Å². The molecule has 9 heteroatoms. The fraction of sp³-hybridized carbons (Fsp3) is 0.412. The van der Waals surface area contributed by atoms with Crippen LogP contribution in [0.1, 0.15) is 30.5 Å². The highest BCUT2D eigenvalue weighted by Crippen LogP contribution is 2.34. The molecule has 1 aromatic carbocycles. The summed E-state index contributed by atoms with van der Waals surface area (Å²) in [6.45, 7) is 2.49. The first-order valence-corrected chi connectivity index (χ1v) is 8.53. The molecule has 0 bridgehead atoms. The van der Waals surface area contributed by atoms with Gasteiger partial charge in [-0.1, -0.05) is 0 Å². The van der Waals surface area contributed by atoms with Gasteiger partial charge in [0.15, 0.2) is 12.4 Å². The highest BCUT2D eigenvalue weighted by atomic mass is 16.5. The Morgan fingerprint density at radius 1 is 1.42 bits per heavy atom. The van der Waals surface area contributed by atoms with Crippen molar-refractivity contribution in [1.82, 2.24) is 20.1 Å². The fourth-order valence-corrected chi connectivity index (χ4v) is 3.34. The molecule has 1 unspecified atom stereocenters. The Morgan fingerprint density at radius 2 is 2.27 bits per heavy atom. The Hall–Kier alpha value is -3.10. The maximum atomic E-state index is 12.7. The van der Waals surface area contributed by atoms with Crippen LogP contribution in [0.25, 0.3) is 0 Å². The van der Waals surface area contributed by atoms with Gasteiger partial charge < -0.3 is 19.9 Å². The van der Waals surface area contributed by atoms with Crippen molar-refractivity contribution in [1.29, 1.82) is 0 Å². The summed E-state index contributed by atoms with van der Waals surface area (Å²) in [6, 6.07) is 4.94. The Balaban J connectivity index is 1.50. The molecule has 2 aliphatic rings. The number of aromatic nitrogens is 3. The van der Waals surface area contributed by atoms with Crippen molar-refractivity contribution < 1.29 is 14.3 Å². The van der Waals surface area contributed by atoms with Gasteiger partial charge in [-0.05, 0) is 31.9 Å². The van der Waals surface area contributed by atoms with Crippen LogP contribution in [0.3, 0.4) is 0 Å². The number of carbonyl (C=O) groups excluding carboxylic acids is 2. The zero-order valence-corrected chi connectivity index (χ0v) is 14.7. The summed E-state index contributed by atoms with van der Waals surface area (Å²) in [4.78, 5) is 32.1. The zero-order valence-electron chi connectivity index (χ0n) is 14.7. The molecule has 9 nitrogen and oxygen atoms in total. The molecular formula is C17H20N6O3. The second-order valence-corrected chi connectivity index (χ2v) is 6.48. The zero-order chi connectivity index (χ0) is 18.3. The number of nitrogens with zero attached hydrogens (tertiary/aromatic N) is 4. The number of likely N-dealkylation sites (tertiary alicyclic amines) is 1. The number of aryl methyl sites for hydroxylation is 1. The minimum absolute atomic E-state index is 0.000716. The number of anilines is 2. The summed E-state index contributed by atoms with van der Waals surface area (Å²) in [5.41, 5.74) is 1.31. The number of likely N-dealkylation sites (N-methyl/N-ethyl adjacent to an activating group) is 1. The molecular weight excluding hydrogens is 336 g/mol. The van der Waals surface area contributed by atoms with E-state index in [4.69, 9.17) is 4.74 Å². The third-order valence-electron chi connectivity index (χ3n) is 4.72. The number of amides is 3. The Labute approximate surface area is 150 Å². The maximum Gasteiger partial charge on any atom is 0.322 e. The minimum atomic E-state index is -0.199. The van der Waals surface area contributed by atoms with E-state index >= 15 is 0 Å². The molecule has 0 radical (unpaired) electrons. The second kappa shape index (κ2) is 6.32. The SMILES string of the molecule is Cc1nc(C2CCCN2C(=O)Nc2ccc3c(c2)OCC(=O)N3C)n[nH]1. The molecule has 0 aliphatic carbocycles. The van der Waals surface area contributed by atoms with Gasteiger partial charge in [0, 0.05) is 25.3 Å². The molecule has 2 aromatic rings. The number of H-pyrrole nitrogens is 1. The Kier molecular flexibility index (Phi) is 3.98. The largest absolute Gasteiger partial charge is 0.481 e. The highest BCUT2D eigenvalue weighted by Gasteiger charge is 2.33. The van der Waals surface area contributed by atoms with E-state index < -0.39 is 0 Å². The summed E-state index contributed by atoms with van der Waals surface area (Å²) < 4.78 is 5.47. The Bertz CT molecular complexity index is 864. The number of benzene rings is 1. The molecule has 1 atom stereocenters. The molecule has 1 fully saturated rings. The highest BCUT2D eigenvalue weighted by molar-refractivity contribution is 5.98. The summed E-state index contributed by atoms with van der Waals surface area (Å²) in [7, 11) is 1.70. The van der Waals surface area contributed by atoms with Gasteiger partial charge >= 0.3 is 6.03 Å². The molecule has 2 aliphatic heterocycles. The van der Waals surface area contributed by atoms with Gasteiger partial charge in [-0.25, -0.2) is 9.78 Å². The molecule has 4 rings (SSSR count). The number of hydrogen-bond donors (Lipinski definition) is 2. The van der Waals surface area contributed by atoms with Crippen LogP contribution in [0.2, 0.25) is 0 Å². The van der Waals surface area contributed by atoms with Crippen LogP contribution in [-0.4, -0.2) is 52.2 Å². The minimum Gasteiger partial charge on any atom is -0.481 e. The molecule has 1 aromatic heterocycles. The van der Waals surface area contributed by atoms with Crippen molar-refractivity contribution in [2.24, 2.45) is 0 Å². The second-order valence-electron chi connectivity index (χ2n) is 6.48. The van der Waals surface area contributed by atoms with Crippen molar-refractivity contribution in [2.45, 2.75) is 25.8 Å². The van der Waals surface area contributed by atoms with Crippen LogP contribution >= 0.6 is 0 Å². The first kappa shape index (κ1) is 16.4. The number of urea groups is 1. The molecule has 0 saturated carbocycles.